The van der Waals surface area contributed by atoms with E-state index in [-0.39, 0.29) is 6.09 Å². The summed E-state index contributed by atoms with van der Waals surface area (Å²) < 4.78 is 5.42. The number of carbonyl (C=O) groups excluding carboxylic acids is 1. The van der Waals surface area contributed by atoms with Crippen molar-refractivity contribution in [3.8, 4) is 0 Å². The number of nitrogens with two attached hydrogens (primary N) is 1. The first-order chi connectivity index (χ1) is 9.76. The van der Waals surface area contributed by atoms with Crippen LogP contribution in [0.1, 0.15) is 50.8 Å². The van der Waals surface area contributed by atoms with E-state index in [0.29, 0.717) is 24.7 Å². The van der Waals surface area contributed by atoms with Gasteiger partial charge in [0.1, 0.15) is 5.60 Å². The molecule has 21 heavy (non-hydrogen) atoms. The summed E-state index contributed by atoms with van der Waals surface area (Å²) in [5, 5.41) is 0. The number of carbonyl (C=O) groups is 1. The number of ether oxygens (including phenoxy) is 1. The van der Waals surface area contributed by atoms with Gasteiger partial charge in [-0.25, -0.2) is 4.79 Å². The fraction of sp³-hybridized carbons (Fsp3) is 0.625. The number of aromatic nitrogens is 1. The minimum atomic E-state index is -0.442. The summed E-state index contributed by atoms with van der Waals surface area (Å²) in [6.45, 7) is 9.11. The molecule has 0 saturated carbocycles. The second kappa shape index (κ2) is 5.92. The van der Waals surface area contributed by atoms with Crippen molar-refractivity contribution in [2.24, 2.45) is 0 Å². The molecule has 5 nitrogen and oxygen atoms in total. The molecule has 2 N–H and O–H groups in total. The third-order valence-corrected chi connectivity index (χ3v) is 3.73. The molecule has 0 atom stereocenters. The molecule has 0 unspecified atom stereocenters. The molecular formula is C16H25N3O2. The first-order valence-corrected chi connectivity index (χ1v) is 7.46. The Labute approximate surface area is 126 Å². The predicted molar refractivity (Wildman–Crippen MR) is 83.2 cm³/mol. The van der Waals surface area contributed by atoms with Crippen LogP contribution in [0.4, 0.5) is 10.5 Å². The Morgan fingerprint density at radius 1 is 1.38 bits per heavy atom. The summed E-state index contributed by atoms with van der Waals surface area (Å²) in [6.07, 6.45) is 3.31. The van der Waals surface area contributed by atoms with Crippen molar-refractivity contribution in [2.75, 3.05) is 18.8 Å². The van der Waals surface area contributed by atoms with Crippen LogP contribution in [-0.4, -0.2) is 34.7 Å². The van der Waals surface area contributed by atoms with Gasteiger partial charge in [0, 0.05) is 18.8 Å². The first kappa shape index (κ1) is 15.6. The van der Waals surface area contributed by atoms with Gasteiger partial charge in [-0.3, -0.25) is 4.98 Å². The van der Waals surface area contributed by atoms with Gasteiger partial charge in [-0.05, 0) is 58.1 Å². The number of rotatable bonds is 1. The molecule has 116 valence electrons. The van der Waals surface area contributed by atoms with Gasteiger partial charge in [0.15, 0.2) is 0 Å². The molecule has 0 bridgehead atoms. The SMILES string of the molecule is Cc1ncc(N)cc1C1CCN(C(=O)OC(C)(C)C)CC1. The van der Waals surface area contributed by atoms with Gasteiger partial charge >= 0.3 is 6.09 Å². The standard InChI is InChI=1S/C16H25N3O2/c1-11-14(9-13(17)10-18-11)12-5-7-19(8-6-12)15(20)21-16(2,3)4/h9-10,12H,5-8,17H2,1-4H3. The van der Waals surface area contributed by atoms with Crippen molar-refractivity contribution >= 4 is 11.8 Å². The van der Waals surface area contributed by atoms with Gasteiger partial charge in [0.05, 0.1) is 11.9 Å². The maximum atomic E-state index is 12.0. The lowest BCUT2D eigenvalue weighted by atomic mass is 9.88. The molecule has 0 aliphatic carbocycles. The Morgan fingerprint density at radius 3 is 2.57 bits per heavy atom. The molecular weight excluding hydrogens is 266 g/mol. The Kier molecular flexibility index (Phi) is 4.40. The second-order valence-electron chi connectivity index (χ2n) is 6.68. The highest BCUT2D eigenvalue weighted by Crippen LogP contribution is 2.31. The van der Waals surface area contributed by atoms with E-state index < -0.39 is 5.60 Å². The third-order valence-electron chi connectivity index (χ3n) is 3.73. The van der Waals surface area contributed by atoms with Crippen LogP contribution in [0.3, 0.4) is 0 Å². The molecule has 0 radical (unpaired) electrons. The Hall–Kier alpha value is -1.78. The number of hydrogen-bond acceptors (Lipinski definition) is 4. The molecule has 1 aromatic rings. The Bertz CT molecular complexity index is 515. The third kappa shape index (κ3) is 4.09. The average Bonchev–Trinajstić information content (AvgIpc) is 2.40. The molecule has 2 rings (SSSR count). The summed E-state index contributed by atoms with van der Waals surface area (Å²) in [5.74, 6) is 0.416. The number of piperidine rings is 1. The van der Waals surface area contributed by atoms with Crippen molar-refractivity contribution in [2.45, 2.75) is 52.1 Å². The molecule has 0 spiro atoms. The quantitative estimate of drug-likeness (QED) is 0.863. The van der Waals surface area contributed by atoms with Crippen LogP contribution in [0, 0.1) is 6.92 Å². The van der Waals surface area contributed by atoms with Gasteiger partial charge in [-0.1, -0.05) is 0 Å². The zero-order valence-electron chi connectivity index (χ0n) is 13.3. The highest BCUT2D eigenvalue weighted by molar-refractivity contribution is 5.68. The smallest absolute Gasteiger partial charge is 0.410 e. The normalized spacial score (nSPS) is 16.9. The van der Waals surface area contributed by atoms with Gasteiger partial charge < -0.3 is 15.4 Å². The van der Waals surface area contributed by atoms with E-state index in [9.17, 15) is 4.79 Å². The van der Waals surface area contributed by atoms with E-state index in [4.69, 9.17) is 10.5 Å². The number of nitrogen functional groups attached to an aromatic ring is 1. The lowest BCUT2D eigenvalue weighted by molar-refractivity contribution is 0.0204. The number of hydrogen-bond donors (Lipinski definition) is 1. The molecule has 0 aromatic carbocycles. The Morgan fingerprint density at radius 2 is 2.00 bits per heavy atom. The summed E-state index contributed by atoms with van der Waals surface area (Å²) in [4.78, 5) is 18.2. The van der Waals surface area contributed by atoms with Crippen LogP contribution >= 0.6 is 0 Å². The Balaban J connectivity index is 1.97. The monoisotopic (exact) mass is 291 g/mol. The molecule has 5 heteroatoms. The van der Waals surface area contributed by atoms with Gasteiger partial charge in [0.25, 0.3) is 0 Å². The maximum Gasteiger partial charge on any atom is 0.410 e. The molecule has 1 fully saturated rings. The minimum absolute atomic E-state index is 0.219. The van der Waals surface area contributed by atoms with E-state index in [1.165, 1.54) is 5.56 Å². The molecule has 1 aliphatic rings. The van der Waals surface area contributed by atoms with Crippen LogP contribution < -0.4 is 5.73 Å². The predicted octanol–water partition coefficient (Wildman–Crippen LogP) is 3.09. The first-order valence-electron chi connectivity index (χ1n) is 7.46. The number of likely N-dealkylation sites (tertiary alicyclic amines) is 1. The number of amides is 1. The summed E-state index contributed by atoms with van der Waals surface area (Å²) >= 11 is 0. The second-order valence-corrected chi connectivity index (χ2v) is 6.68. The topological polar surface area (TPSA) is 68.5 Å². The van der Waals surface area contributed by atoms with Gasteiger partial charge in [0.2, 0.25) is 0 Å². The minimum Gasteiger partial charge on any atom is -0.444 e. The van der Waals surface area contributed by atoms with E-state index in [0.717, 1.165) is 18.5 Å². The van der Waals surface area contributed by atoms with E-state index in [2.05, 4.69) is 4.98 Å². The van der Waals surface area contributed by atoms with Crippen LogP contribution in [0.15, 0.2) is 12.3 Å². The van der Waals surface area contributed by atoms with Crippen LogP contribution in [0.2, 0.25) is 0 Å². The van der Waals surface area contributed by atoms with Crippen LogP contribution in [0.5, 0.6) is 0 Å². The van der Waals surface area contributed by atoms with Gasteiger partial charge in [-0.15, -0.1) is 0 Å². The number of anilines is 1. The van der Waals surface area contributed by atoms with Crippen molar-refractivity contribution in [1.29, 1.82) is 0 Å². The zero-order chi connectivity index (χ0) is 15.6. The van der Waals surface area contributed by atoms with Crippen LogP contribution in [-0.2, 0) is 4.74 Å². The van der Waals surface area contributed by atoms with Crippen molar-refractivity contribution in [1.82, 2.24) is 9.88 Å². The fourth-order valence-corrected chi connectivity index (χ4v) is 2.68. The van der Waals surface area contributed by atoms with E-state index in [1.54, 1.807) is 11.1 Å². The highest BCUT2D eigenvalue weighted by atomic mass is 16.6. The van der Waals surface area contributed by atoms with E-state index >= 15 is 0 Å². The lowest BCUT2D eigenvalue weighted by Crippen LogP contribution is -2.41. The summed E-state index contributed by atoms with van der Waals surface area (Å²) in [7, 11) is 0. The van der Waals surface area contributed by atoms with Crippen molar-refractivity contribution in [3.63, 3.8) is 0 Å². The number of aryl methyl sites for hydroxylation is 1. The van der Waals surface area contributed by atoms with Gasteiger partial charge in [-0.2, -0.15) is 0 Å². The summed E-state index contributed by atoms with van der Waals surface area (Å²) in [5.41, 5.74) is 8.32. The lowest BCUT2D eigenvalue weighted by Gasteiger charge is -2.34. The molecule has 2 heterocycles. The van der Waals surface area contributed by atoms with Crippen LogP contribution in [0.25, 0.3) is 0 Å². The zero-order valence-corrected chi connectivity index (χ0v) is 13.3. The number of nitrogens with zero attached hydrogens (tertiary/aromatic N) is 2. The maximum absolute atomic E-state index is 12.0. The van der Waals surface area contributed by atoms with E-state index in [1.807, 2.05) is 33.8 Å². The highest BCUT2D eigenvalue weighted by Gasteiger charge is 2.28. The van der Waals surface area contributed by atoms with Crippen molar-refractivity contribution in [3.05, 3.63) is 23.5 Å². The molecule has 1 aromatic heterocycles. The fourth-order valence-electron chi connectivity index (χ4n) is 2.68. The van der Waals surface area contributed by atoms with Crippen molar-refractivity contribution < 1.29 is 9.53 Å². The largest absolute Gasteiger partial charge is 0.444 e. The number of pyridine rings is 1. The molecule has 1 amide bonds. The summed E-state index contributed by atoms with van der Waals surface area (Å²) in [6, 6.07) is 2.01. The average molecular weight is 291 g/mol. The molecule has 1 saturated heterocycles. The molecule has 1 aliphatic heterocycles.